The SMILES string of the molecule is CC(C)C[C@@H]1NC(=O)[C@@H](Cc2ccccc2)NC(=O)[C@H](CCNC(=O)OC(C)(C)C)NC(=O)[C@@H](NC(=O)CCC(=O)OCC(=O)[C@@]2(O)[C@H](C)C[C@H]3[C@@H]4CCC5=CC(=O)C=C[C@]5(C)[C@@]4(F)[C@@H](O)C[C@@]32C)CCNC(=O)[C@H]([C@@H](C)O)NC(=O)[C@H](CCNC(=O)OC(C)(C)C)NC(=O)[C@H](CCNC(=O)OC(C)(C)C)NC1=O. The third-order valence-electron chi connectivity index (χ3n) is 20.5. The molecule has 0 radical (unpaired) electrons. The number of nitrogens with one attached hydrogen (secondary N) is 11. The molecule has 1 heterocycles. The molecule has 6 rings (SSSR count). The fourth-order valence-electron chi connectivity index (χ4n) is 15.2. The van der Waals surface area contributed by atoms with Gasteiger partial charge in [-0.2, -0.15) is 0 Å². The number of rotatable bonds is 21. The molecule has 109 heavy (non-hydrogen) atoms. The van der Waals surface area contributed by atoms with E-state index in [1.54, 1.807) is 127 Å². The maximum Gasteiger partial charge on any atom is 0.407 e. The summed E-state index contributed by atoms with van der Waals surface area (Å²) in [7, 11) is 0. The summed E-state index contributed by atoms with van der Waals surface area (Å²) in [5.74, 6) is -13.3. The van der Waals surface area contributed by atoms with E-state index in [-0.39, 0.29) is 69.9 Å². The summed E-state index contributed by atoms with van der Waals surface area (Å²) in [6.45, 7) is 21.3. The van der Waals surface area contributed by atoms with Crippen LogP contribution < -0.4 is 58.5 Å². The molecule has 1 aromatic rings. The topological polar surface area (TPSA) is 469 Å². The maximum atomic E-state index is 17.9. The molecule has 0 bridgehead atoms. The van der Waals surface area contributed by atoms with Crippen LogP contribution in [0, 0.1) is 34.5 Å². The van der Waals surface area contributed by atoms with E-state index in [0.717, 1.165) is 6.92 Å². The number of Topliss-reactive ketones (excluding diaryl/α,β-unsaturated/α-hetero) is 1. The number of alkyl halides is 1. The van der Waals surface area contributed by atoms with Crippen molar-refractivity contribution in [2.45, 2.75) is 263 Å². The van der Waals surface area contributed by atoms with Gasteiger partial charge in [-0.25, -0.2) is 18.8 Å². The van der Waals surface area contributed by atoms with Crippen molar-refractivity contribution in [2.24, 2.45) is 34.5 Å². The fraction of sp³-hybridized carbons (Fsp3) is 0.684. The van der Waals surface area contributed by atoms with Gasteiger partial charge in [0.15, 0.2) is 18.1 Å². The Labute approximate surface area is 635 Å². The van der Waals surface area contributed by atoms with Crippen LogP contribution in [-0.4, -0.2) is 214 Å². The van der Waals surface area contributed by atoms with Gasteiger partial charge in [-0.15, -0.1) is 0 Å². The largest absolute Gasteiger partial charge is 0.458 e. The molecule has 14 N–H and O–H groups in total. The Balaban J connectivity index is 1.32. The Hall–Kier alpha value is -9.11. The Morgan fingerprint density at radius 2 is 1.11 bits per heavy atom. The molecule has 4 fully saturated rings. The third-order valence-corrected chi connectivity index (χ3v) is 20.5. The molecule has 1 aromatic carbocycles. The maximum absolute atomic E-state index is 17.9. The van der Waals surface area contributed by atoms with Crippen LogP contribution in [0.1, 0.15) is 180 Å². The molecular formula is C76H114FN11O21. The van der Waals surface area contributed by atoms with E-state index in [1.807, 2.05) is 0 Å². The molecule has 11 amide bonds. The highest BCUT2D eigenvalue weighted by Crippen LogP contribution is 2.70. The second-order valence-electron chi connectivity index (χ2n) is 33.0. The number of esters is 1. The monoisotopic (exact) mass is 1540 g/mol. The van der Waals surface area contributed by atoms with Crippen LogP contribution in [0.4, 0.5) is 18.8 Å². The van der Waals surface area contributed by atoms with Crippen molar-refractivity contribution >= 4 is 83.1 Å². The van der Waals surface area contributed by atoms with Gasteiger partial charge in [0.2, 0.25) is 53.0 Å². The summed E-state index contributed by atoms with van der Waals surface area (Å²) in [6, 6.07) is -3.36. The zero-order chi connectivity index (χ0) is 81.5. The number of carbonyl (C=O) groups is 14. The predicted molar refractivity (Wildman–Crippen MR) is 392 cm³/mol. The average Bonchev–Trinajstić information content (AvgIpc) is 1.59. The quantitative estimate of drug-likeness (QED) is 0.0621. The molecule has 16 atom stereocenters. The van der Waals surface area contributed by atoms with E-state index < -0.39 is 234 Å². The molecule has 5 aliphatic rings. The second-order valence-corrected chi connectivity index (χ2v) is 33.0. The smallest absolute Gasteiger partial charge is 0.407 e. The lowest BCUT2D eigenvalue weighted by molar-refractivity contribution is -0.220. The number of aliphatic hydroxyl groups is 3. The molecule has 0 spiro atoms. The molecule has 1 saturated heterocycles. The second kappa shape index (κ2) is 37.1. The van der Waals surface area contributed by atoms with Crippen molar-refractivity contribution < 1.29 is 106 Å². The van der Waals surface area contributed by atoms with Gasteiger partial charge in [0.05, 0.1) is 18.6 Å². The number of amides is 11. The number of hydrogen-bond donors (Lipinski definition) is 14. The van der Waals surface area contributed by atoms with Gasteiger partial charge in [0.1, 0.15) is 64.7 Å². The Morgan fingerprint density at radius 1 is 0.633 bits per heavy atom. The summed E-state index contributed by atoms with van der Waals surface area (Å²) in [5, 5.41) is 63.6. The van der Waals surface area contributed by atoms with Gasteiger partial charge < -0.3 is 92.8 Å². The first-order valence-corrected chi connectivity index (χ1v) is 37.4. The van der Waals surface area contributed by atoms with Crippen LogP contribution >= 0.6 is 0 Å². The Morgan fingerprint density at radius 3 is 1.61 bits per heavy atom. The summed E-state index contributed by atoms with van der Waals surface area (Å²) >= 11 is 0. The Kier molecular flexibility index (Phi) is 30.2. The molecule has 32 nitrogen and oxygen atoms in total. The number of ether oxygens (including phenoxy) is 4. The summed E-state index contributed by atoms with van der Waals surface area (Å²) < 4.78 is 39.4. The van der Waals surface area contributed by atoms with Gasteiger partial charge in [0, 0.05) is 55.8 Å². The third kappa shape index (κ3) is 23.7. The number of carbonyl (C=O) groups excluding carboxylic acids is 14. The molecule has 1 aliphatic heterocycles. The van der Waals surface area contributed by atoms with Gasteiger partial charge >= 0.3 is 24.2 Å². The van der Waals surface area contributed by atoms with Crippen LogP contribution in [0.2, 0.25) is 0 Å². The van der Waals surface area contributed by atoms with Crippen molar-refractivity contribution in [1.82, 2.24) is 58.5 Å². The van der Waals surface area contributed by atoms with Crippen molar-refractivity contribution in [1.29, 1.82) is 0 Å². The number of fused-ring (bicyclic) bond motifs is 5. The average molecular weight is 1540 g/mol. The molecule has 0 aromatic heterocycles. The van der Waals surface area contributed by atoms with E-state index in [4.69, 9.17) is 18.9 Å². The summed E-state index contributed by atoms with van der Waals surface area (Å²) in [4.78, 5) is 196. The van der Waals surface area contributed by atoms with Crippen LogP contribution in [0.25, 0.3) is 0 Å². The number of ketones is 2. The standard InChI is InChI=1S/C76H114FN11O21/c1-41(2)35-53-64(99)85-50(27-32-79-67(102)107-70(5,6)7)61(96)84-52(29-34-81-69(104)109-72(11,12)13)63(98)88-59(43(4)89)66(101)78-31-26-49(60(95)83-51(28-33-80-68(103)108-71(8,9)10)62(97)87-54(65(100)86-53)37-44-19-17-16-18-20-44)82-57(93)23-24-58(94)106-40-56(92)76(105)42(3)36-48-47-22-21-45-38-46(90)25-30-73(45,14)75(47,77)55(91)39-74(48,76)15/h16-20,25,30,38,41-43,47-55,59,89,91,105H,21-24,26-29,31-37,39-40H2,1-15H3,(H,78,101)(H,79,102)(H,80,103)(H,81,104)(H,82,93)(H,83,95)(H,84,96)(H,85,99)(H,86,100)(H,87,97)(H,88,98)/t42-,43-,47+,48+,49+,50+,51+,52+,53+,54-,55+,59+,73+,74+,75+,76+/m1/s1. The molecule has 33 heteroatoms. The van der Waals surface area contributed by atoms with Gasteiger partial charge in [-0.1, -0.05) is 69.7 Å². The number of benzene rings is 1. The summed E-state index contributed by atoms with van der Waals surface area (Å²) in [5.41, 5.74) is -9.12. The van der Waals surface area contributed by atoms with E-state index >= 15 is 4.39 Å². The normalized spacial score (nSPS) is 29.9. The van der Waals surface area contributed by atoms with Crippen LogP contribution in [0.15, 0.2) is 54.1 Å². The first-order valence-electron chi connectivity index (χ1n) is 37.4. The Bertz CT molecular complexity index is 3590. The first kappa shape index (κ1) is 88.8. The van der Waals surface area contributed by atoms with E-state index in [0.29, 0.717) is 17.6 Å². The zero-order valence-corrected chi connectivity index (χ0v) is 65.2. The highest BCUT2D eigenvalue weighted by Gasteiger charge is 2.75. The van der Waals surface area contributed by atoms with E-state index in [1.165, 1.54) is 18.2 Å². The number of alkyl carbamates (subject to hydrolysis) is 3. The lowest BCUT2D eigenvalue weighted by Gasteiger charge is -2.62. The minimum absolute atomic E-state index is 0.0913. The van der Waals surface area contributed by atoms with Crippen LogP contribution in [-0.2, 0) is 78.1 Å². The highest BCUT2D eigenvalue weighted by molar-refractivity contribution is 6.02. The fourth-order valence-corrected chi connectivity index (χ4v) is 15.2. The molecule has 606 valence electrons. The van der Waals surface area contributed by atoms with E-state index in [9.17, 15) is 82.4 Å². The number of hydrogen-bond acceptors (Lipinski definition) is 21. The van der Waals surface area contributed by atoms with Crippen molar-refractivity contribution in [2.75, 3.05) is 32.8 Å². The first-order chi connectivity index (χ1) is 50.6. The zero-order valence-electron chi connectivity index (χ0n) is 65.2. The molecular weight excluding hydrogens is 1420 g/mol. The number of aliphatic hydroxyl groups excluding tert-OH is 2. The predicted octanol–water partition coefficient (Wildman–Crippen LogP) is 2.55. The van der Waals surface area contributed by atoms with Crippen LogP contribution in [0.5, 0.6) is 0 Å². The van der Waals surface area contributed by atoms with Gasteiger partial charge in [-0.05, 0) is 169 Å². The molecule has 0 unspecified atom stereocenters. The minimum Gasteiger partial charge on any atom is -0.458 e. The van der Waals surface area contributed by atoms with Crippen molar-refractivity contribution in [3.63, 3.8) is 0 Å². The lowest BCUT2D eigenvalue weighted by Crippen LogP contribution is -2.69. The minimum atomic E-state index is -2.26. The highest BCUT2D eigenvalue weighted by atomic mass is 19.1. The van der Waals surface area contributed by atoms with Crippen molar-refractivity contribution in [3.8, 4) is 0 Å². The summed E-state index contributed by atoms with van der Waals surface area (Å²) in [6.07, 6.45) is -5.16. The number of halogens is 1. The van der Waals surface area contributed by atoms with Crippen molar-refractivity contribution in [3.05, 3.63) is 59.7 Å². The molecule has 3 saturated carbocycles. The molecule has 4 aliphatic carbocycles. The van der Waals surface area contributed by atoms with E-state index in [2.05, 4.69) is 58.5 Å². The van der Waals surface area contributed by atoms with Gasteiger partial charge in [-0.3, -0.25) is 52.7 Å². The van der Waals surface area contributed by atoms with Crippen LogP contribution in [0.3, 0.4) is 0 Å². The lowest BCUT2D eigenvalue weighted by atomic mass is 9.44. The number of allylic oxidation sites excluding steroid dienone is 4. The van der Waals surface area contributed by atoms with Gasteiger partial charge in [0.25, 0.3) is 0 Å².